The zero-order chi connectivity index (χ0) is 17.1. The molecule has 1 N–H and O–H groups in total. The summed E-state index contributed by atoms with van der Waals surface area (Å²) < 4.78 is 3.93. The van der Waals surface area contributed by atoms with Gasteiger partial charge in [0, 0.05) is 38.6 Å². The van der Waals surface area contributed by atoms with E-state index in [0.29, 0.717) is 23.8 Å². The highest BCUT2D eigenvalue weighted by atomic mass is 32.1. The second kappa shape index (κ2) is 7.57. The third-order valence-corrected chi connectivity index (χ3v) is 5.87. The minimum Gasteiger partial charge on any atom is -0.338 e. The molecule has 3 heterocycles. The van der Waals surface area contributed by atoms with E-state index in [1.165, 1.54) is 11.5 Å². The van der Waals surface area contributed by atoms with E-state index in [1.54, 1.807) is 0 Å². The maximum atomic E-state index is 12.8. The fourth-order valence-electron chi connectivity index (χ4n) is 3.80. The van der Waals surface area contributed by atoms with Gasteiger partial charge in [0.25, 0.3) is 5.91 Å². The van der Waals surface area contributed by atoms with Crippen LogP contribution >= 0.6 is 11.5 Å². The minimum atomic E-state index is 0.0546. The van der Waals surface area contributed by atoms with Gasteiger partial charge in [-0.05, 0) is 43.8 Å². The summed E-state index contributed by atoms with van der Waals surface area (Å²) in [6.07, 6.45) is 3.06. The highest BCUT2D eigenvalue weighted by Crippen LogP contribution is 2.32. The molecule has 0 unspecified atom stereocenters. The predicted octanol–water partition coefficient (Wildman–Crippen LogP) is 0.773. The molecule has 2 fully saturated rings. The van der Waals surface area contributed by atoms with Crippen molar-refractivity contribution < 1.29 is 9.59 Å². The van der Waals surface area contributed by atoms with Crippen molar-refractivity contribution in [3.63, 3.8) is 0 Å². The van der Waals surface area contributed by atoms with Gasteiger partial charge in [-0.25, -0.2) is 0 Å². The highest BCUT2D eigenvalue weighted by Gasteiger charge is 2.40. The second-order valence-corrected chi connectivity index (χ2v) is 7.25. The molecule has 8 heteroatoms. The number of hydrogen-bond donors (Lipinski definition) is 1. The number of likely N-dealkylation sites (tertiary alicyclic amines) is 2. The van der Waals surface area contributed by atoms with Crippen LogP contribution in [0.2, 0.25) is 0 Å². The number of nitrogens with zero attached hydrogens (tertiary/aromatic N) is 4. The Kier molecular flexibility index (Phi) is 5.45. The lowest BCUT2D eigenvalue weighted by Gasteiger charge is -2.47. The molecule has 1 aromatic rings. The molecule has 0 spiro atoms. The molecule has 2 amide bonds. The summed E-state index contributed by atoms with van der Waals surface area (Å²) in [5.74, 6) is 0.688. The monoisotopic (exact) mass is 351 g/mol. The molecule has 24 heavy (non-hydrogen) atoms. The Balaban J connectivity index is 1.68. The molecule has 7 nitrogen and oxygen atoms in total. The third kappa shape index (κ3) is 3.30. The lowest BCUT2D eigenvalue weighted by molar-refractivity contribution is -0.140. The van der Waals surface area contributed by atoms with Crippen LogP contribution in [0.5, 0.6) is 0 Å². The number of rotatable bonds is 5. The van der Waals surface area contributed by atoms with Crippen LogP contribution in [0.1, 0.15) is 41.6 Å². The number of aromatic nitrogens is 2. The summed E-state index contributed by atoms with van der Waals surface area (Å²) in [5, 5.41) is 7.17. The van der Waals surface area contributed by atoms with E-state index < -0.39 is 0 Å². The first-order valence-corrected chi connectivity index (χ1v) is 9.47. The predicted molar refractivity (Wildman–Crippen MR) is 92.0 cm³/mol. The molecule has 1 aromatic heterocycles. The Bertz CT molecular complexity index is 605. The van der Waals surface area contributed by atoms with Crippen LogP contribution in [0.4, 0.5) is 0 Å². The minimum absolute atomic E-state index is 0.0546. The van der Waals surface area contributed by atoms with Gasteiger partial charge >= 0.3 is 0 Å². The zero-order valence-electron chi connectivity index (χ0n) is 14.3. The Hall–Kier alpha value is -1.54. The van der Waals surface area contributed by atoms with Crippen LogP contribution in [0.15, 0.2) is 0 Å². The number of nitrogens with one attached hydrogen (secondary N) is 1. The van der Waals surface area contributed by atoms with Crippen molar-refractivity contribution in [2.24, 2.45) is 5.92 Å². The van der Waals surface area contributed by atoms with Gasteiger partial charge in [-0.3, -0.25) is 9.59 Å². The number of hydrogen-bond acceptors (Lipinski definition) is 6. The van der Waals surface area contributed by atoms with Gasteiger partial charge in [0.15, 0.2) is 0 Å². The molecule has 0 aromatic carbocycles. The highest BCUT2D eigenvalue weighted by molar-refractivity contribution is 7.08. The number of carbonyl (C=O) groups is 2. The number of amides is 2. The van der Waals surface area contributed by atoms with Crippen LogP contribution < -0.4 is 5.32 Å². The maximum Gasteiger partial charge on any atom is 0.267 e. The number of likely N-dealkylation sites (N-methyl/N-ethyl adjacent to an activating group) is 1. The molecule has 2 saturated heterocycles. The van der Waals surface area contributed by atoms with Crippen molar-refractivity contribution >= 4 is 23.3 Å². The fourth-order valence-corrected chi connectivity index (χ4v) is 4.52. The second-order valence-electron chi connectivity index (χ2n) is 6.50. The first kappa shape index (κ1) is 17.3. The molecule has 0 aliphatic carbocycles. The van der Waals surface area contributed by atoms with Gasteiger partial charge in [-0.15, -0.1) is 5.10 Å². The fraction of sp³-hybridized carbons (Fsp3) is 0.750. The van der Waals surface area contributed by atoms with E-state index in [2.05, 4.69) is 14.9 Å². The molecule has 3 rings (SSSR count). The average molecular weight is 351 g/mol. The van der Waals surface area contributed by atoms with Gasteiger partial charge < -0.3 is 15.1 Å². The van der Waals surface area contributed by atoms with Gasteiger partial charge in [0.2, 0.25) is 5.91 Å². The summed E-state index contributed by atoms with van der Waals surface area (Å²) in [4.78, 5) is 29.7. The number of carbonyl (C=O) groups excluding carboxylic acids is 2. The summed E-state index contributed by atoms with van der Waals surface area (Å²) in [5.41, 5.74) is 0.793. The summed E-state index contributed by atoms with van der Waals surface area (Å²) in [6, 6.07) is 0.272. The van der Waals surface area contributed by atoms with E-state index in [-0.39, 0.29) is 17.9 Å². The lowest BCUT2D eigenvalue weighted by Crippen LogP contribution is -2.57. The van der Waals surface area contributed by atoms with E-state index in [0.717, 1.165) is 44.6 Å². The van der Waals surface area contributed by atoms with Crippen molar-refractivity contribution in [3.8, 4) is 0 Å². The van der Waals surface area contributed by atoms with Gasteiger partial charge in [-0.2, -0.15) is 0 Å². The Morgan fingerprint density at radius 3 is 3.00 bits per heavy atom. The van der Waals surface area contributed by atoms with Crippen LogP contribution in [0, 0.1) is 5.92 Å². The standard InChI is InChI=1S/C16H25N5O2S/c1-3-12-15(24-19-18-12)16(23)20-8-6-13-11(10-20)4-5-14(22)21(13)9-7-17-2/h11,13,17H,3-10H2,1-2H3/t11-,13+/m0/s1. The quantitative estimate of drug-likeness (QED) is 0.848. The van der Waals surface area contributed by atoms with Crippen LogP contribution in [-0.4, -0.2) is 70.5 Å². The smallest absolute Gasteiger partial charge is 0.267 e. The molecule has 0 radical (unpaired) electrons. The summed E-state index contributed by atoms with van der Waals surface area (Å²) in [7, 11) is 1.90. The van der Waals surface area contributed by atoms with Crippen molar-refractivity contribution in [3.05, 3.63) is 10.6 Å². The maximum absolute atomic E-state index is 12.8. The largest absolute Gasteiger partial charge is 0.338 e. The van der Waals surface area contributed by atoms with Crippen molar-refractivity contribution in [1.29, 1.82) is 0 Å². The zero-order valence-corrected chi connectivity index (χ0v) is 15.1. The lowest BCUT2D eigenvalue weighted by atomic mass is 9.83. The molecular formula is C16H25N5O2S. The SMILES string of the molecule is CCc1nnsc1C(=O)N1CC[C@@H]2[C@@H](CCC(=O)N2CCNC)C1. The van der Waals surface area contributed by atoms with Crippen molar-refractivity contribution in [2.75, 3.05) is 33.2 Å². The Labute approximate surface area is 146 Å². The Morgan fingerprint density at radius 2 is 2.25 bits per heavy atom. The van der Waals surface area contributed by atoms with E-state index in [1.807, 2.05) is 23.8 Å². The van der Waals surface area contributed by atoms with Gasteiger partial charge in [0.1, 0.15) is 4.88 Å². The topological polar surface area (TPSA) is 78.4 Å². The molecule has 2 aliphatic heterocycles. The first-order valence-electron chi connectivity index (χ1n) is 8.70. The normalized spacial score (nSPS) is 24.2. The number of piperidine rings is 2. The van der Waals surface area contributed by atoms with Crippen LogP contribution in [-0.2, 0) is 11.2 Å². The van der Waals surface area contributed by atoms with E-state index in [4.69, 9.17) is 0 Å². The number of aryl methyl sites for hydroxylation is 1. The van der Waals surface area contributed by atoms with Crippen molar-refractivity contribution in [2.45, 2.75) is 38.6 Å². The van der Waals surface area contributed by atoms with Crippen LogP contribution in [0.3, 0.4) is 0 Å². The van der Waals surface area contributed by atoms with Crippen LogP contribution in [0.25, 0.3) is 0 Å². The molecule has 2 aliphatic rings. The average Bonchev–Trinajstić information content (AvgIpc) is 3.08. The molecular weight excluding hydrogens is 326 g/mol. The summed E-state index contributed by atoms with van der Waals surface area (Å²) >= 11 is 1.19. The molecule has 0 saturated carbocycles. The third-order valence-electron chi connectivity index (χ3n) is 5.12. The molecule has 0 bridgehead atoms. The van der Waals surface area contributed by atoms with Gasteiger partial charge in [0.05, 0.1) is 5.69 Å². The Morgan fingerprint density at radius 1 is 1.42 bits per heavy atom. The van der Waals surface area contributed by atoms with Crippen molar-refractivity contribution in [1.82, 2.24) is 24.7 Å². The molecule has 132 valence electrons. The summed E-state index contributed by atoms with van der Waals surface area (Å²) in [6.45, 7) is 4.98. The number of fused-ring (bicyclic) bond motifs is 1. The van der Waals surface area contributed by atoms with E-state index in [9.17, 15) is 9.59 Å². The first-order chi connectivity index (χ1) is 11.7. The molecule has 2 atom stereocenters. The van der Waals surface area contributed by atoms with Gasteiger partial charge in [-0.1, -0.05) is 11.4 Å². The van der Waals surface area contributed by atoms with E-state index >= 15 is 0 Å².